The molecule has 2 unspecified atom stereocenters. The van der Waals surface area contributed by atoms with Gasteiger partial charge in [-0.15, -0.1) is 0 Å². The molecule has 1 aliphatic heterocycles. The van der Waals surface area contributed by atoms with Crippen molar-refractivity contribution in [3.05, 3.63) is 35.4 Å². The SMILES string of the molecule is Cc1cccc(C2(O)CCCSC2C)c1. The summed E-state index contributed by atoms with van der Waals surface area (Å²) in [4.78, 5) is 0. The predicted molar refractivity (Wildman–Crippen MR) is 66.2 cm³/mol. The maximum absolute atomic E-state index is 10.7. The van der Waals surface area contributed by atoms with Gasteiger partial charge in [-0.05, 0) is 31.1 Å². The van der Waals surface area contributed by atoms with Gasteiger partial charge in [0.25, 0.3) is 0 Å². The molecule has 0 radical (unpaired) electrons. The molecule has 2 heteroatoms. The van der Waals surface area contributed by atoms with Crippen LogP contribution in [0.15, 0.2) is 24.3 Å². The lowest BCUT2D eigenvalue weighted by Gasteiger charge is -2.38. The average Bonchev–Trinajstić information content (AvgIpc) is 2.23. The van der Waals surface area contributed by atoms with Crippen LogP contribution < -0.4 is 0 Å². The normalized spacial score (nSPS) is 31.5. The highest BCUT2D eigenvalue weighted by Crippen LogP contribution is 2.41. The molecule has 0 amide bonds. The number of aliphatic hydroxyl groups is 1. The minimum absolute atomic E-state index is 0.299. The summed E-state index contributed by atoms with van der Waals surface area (Å²) in [6, 6.07) is 8.28. The molecule has 0 spiro atoms. The van der Waals surface area contributed by atoms with Crippen LogP contribution in [0.3, 0.4) is 0 Å². The molecule has 0 aromatic heterocycles. The van der Waals surface area contributed by atoms with Crippen LogP contribution in [-0.2, 0) is 5.60 Å². The summed E-state index contributed by atoms with van der Waals surface area (Å²) in [6.45, 7) is 4.21. The van der Waals surface area contributed by atoms with Crippen molar-refractivity contribution >= 4 is 11.8 Å². The van der Waals surface area contributed by atoms with Crippen molar-refractivity contribution in [2.45, 2.75) is 37.5 Å². The van der Waals surface area contributed by atoms with Gasteiger partial charge in [-0.25, -0.2) is 0 Å². The maximum Gasteiger partial charge on any atom is 0.101 e. The first-order chi connectivity index (χ1) is 7.13. The lowest BCUT2D eigenvalue weighted by atomic mass is 9.85. The van der Waals surface area contributed by atoms with E-state index in [4.69, 9.17) is 0 Å². The molecule has 0 saturated carbocycles. The molecule has 1 N–H and O–H groups in total. The van der Waals surface area contributed by atoms with Crippen LogP contribution in [-0.4, -0.2) is 16.1 Å². The van der Waals surface area contributed by atoms with Gasteiger partial charge in [0.05, 0.1) is 0 Å². The molecule has 82 valence electrons. The quantitative estimate of drug-likeness (QED) is 0.788. The highest BCUT2D eigenvalue weighted by Gasteiger charge is 2.38. The van der Waals surface area contributed by atoms with Crippen molar-refractivity contribution < 1.29 is 5.11 Å². The summed E-state index contributed by atoms with van der Waals surface area (Å²) in [5.41, 5.74) is 1.69. The Bertz CT molecular complexity index is 350. The Balaban J connectivity index is 2.34. The second kappa shape index (κ2) is 4.18. The van der Waals surface area contributed by atoms with Gasteiger partial charge >= 0.3 is 0 Å². The molecule has 1 saturated heterocycles. The van der Waals surface area contributed by atoms with Crippen LogP contribution in [0.1, 0.15) is 30.9 Å². The maximum atomic E-state index is 10.7. The first-order valence-electron chi connectivity index (χ1n) is 5.54. The summed E-state index contributed by atoms with van der Waals surface area (Å²) in [5.74, 6) is 1.18. The van der Waals surface area contributed by atoms with E-state index in [-0.39, 0.29) is 0 Å². The Hall–Kier alpha value is -0.470. The molecule has 2 atom stereocenters. The number of benzene rings is 1. The fourth-order valence-electron chi connectivity index (χ4n) is 2.24. The monoisotopic (exact) mass is 222 g/mol. The second-order valence-electron chi connectivity index (χ2n) is 4.41. The van der Waals surface area contributed by atoms with E-state index in [1.165, 1.54) is 11.3 Å². The number of hydrogen-bond acceptors (Lipinski definition) is 2. The van der Waals surface area contributed by atoms with Crippen molar-refractivity contribution in [2.75, 3.05) is 5.75 Å². The fourth-order valence-corrected chi connectivity index (χ4v) is 3.43. The van der Waals surface area contributed by atoms with Gasteiger partial charge in [-0.2, -0.15) is 11.8 Å². The minimum Gasteiger partial charge on any atom is -0.384 e. The summed E-state index contributed by atoms with van der Waals surface area (Å²) >= 11 is 1.88. The zero-order chi connectivity index (χ0) is 10.9. The summed E-state index contributed by atoms with van der Waals surface area (Å²) in [6.07, 6.45) is 2.00. The van der Waals surface area contributed by atoms with Crippen molar-refractivity contribution in [2.24, 2.45) is 0 Å². The molecular weight excluding hydrogens is 204 g/mol. The first kappa shape index (κ1) is 11.0. The third-order valence-corrected chi connectivity index (χ3v) is 4.67. The summed E-state index contributed by atoms with van der Waals surface area (Å²) in [7, 11) is 0. The van der Waals surface area contributed by atoms with Crippen LogP contribution in [0.25, 0.3) is 0 Å². The molecule has 15 heavy (non-hydrogen) atoms. The van der Waals surface area contributed by atoms with E-state index in [1.807, 2.05) is 17.8 Å². The fraction of sp³-hybridized carbons (Fsp3) is 0.538. The number of hydrogen-bond donors (Lipinski definition) is 1. The van der Waals surface area contributed by atoms with Crippen LogP contribution in [0, 0.1) is 6.92 Å². The topological polar surface area (TPSA) is 20.2 Å². The Kier molecular flexibility index (Phi) is 3.08. The molecule has 1 aliphatic rings. The highest BCUT2D eigenvalue weighted by atomic mass is 32.2. The van der Waals surface area contributed by atoms with Gasteiger partial charge in [-0.1, -0.05) is 36.8 Å². The van der Waals surface area contributed by atoms with Gasteiger partial charge in [0.2, 0.25) is 0 Å². The Morgan fingerprint density at radius 3 is 2.93 bits per heavy atom. The van der Waals surface area contributed by atoms with E-state index in [2.05, 4.69) is 32.0 Å². The van der Waals surface area contributed by atoms with Gasteiger partial charge in [0, 0.05) is 5.25 Å². The van der Waals surface area contributed by atoms with Crippen molar-refractivity contribution in [1.82, 2.24) is 0 Å². The van der Waals surface area contributed by atoms with E-state index in [0.29, 0.717) is 5.25 Å². The number of rotatable bonds is 1. The molecule has 0 bridgehead atoms. The van der Waals surface area contributed by atoms with E-state index in [1.54, 1.807) is 0 Å². The van der Waals surface area contributed by atoms with E-state index < -0.39 is 5.60 Å². The van der Waals surface area contributed by atoms with Crippen molar-refractivity contribution in [3.63, 3.8) is 0 Å². The molecule has 1 nitrogen and oxygen atoms in total. The zero-order valence-corrected chi connectivity index (χ0v) is 10.2. The van der Waals surface area contributed by atoms with Gasteiger partial charge in [0.1, 0.15) is 5.60 Å². The van der Waals surface area contributed by atoms with Crippen LogP contribution in [0.2, 0.25) is 0 Å². The Morgan fingerprint density at radius 1 is 1.47 bits per heavy atom. The van der Waals surface area contributed by atoms with E-state index in [0.717, 1.165) is 18.4 Å². The van der Waals surface area contributed by atoms with Crippen molar-refractivity contribution in [3.8, 4) is 0 Å². The van der Waals surface area contributed by atoms with Crippen molar-refractivity contribution in [1.29, 1.82) is 0 Å². The van der Waals surface area contributed by atoms with E-state index in [9.17, 15) is 5.11 Å². The molecule has 2 rings (SSSR count). The molecule has 1 aromatic carbocycles. The first-order valence-corrected chi connectivity index (χ1v) is 6.59. The predicted octanol–water partition coefficient (Wildman–Crippen LogP) is 3.10. The number of thioether (sulfide) groups is 1. The molecular formula is C13H18OS. The smallest absolute Gasteiger partial charge is 0.101 e. The van der Waals surface area contributed by atoms with Gasteiger partial charge in [-0.3, -0.25) is 0 Å². The van der Waals surface area contributed by atoms with Crippen LogP contribution in [0.4, 0.5) is 0 Å². The zero-order valence-electron chi connectivity index (χ0n) is 9.36. The Morgan fingerprint density at radius 2 is 2.27 bits per heavy atom. The molecule has 0 aliphatic carbocycles. The minimum atomic E-state index is -0.616. The van der Waals surface area contributed by atoms with Crippen LogP contribution in [0.5, 0.6) is 0 Å². The molecule has 1 fully saturated rings. The third kappa shape index (κ3) is 2.06. The lowest BCUT2D eigenvalue weighted by Crippen LogP contribution is -2.38. The average molecular weight is 222 g/mol. The Labute approximate surface area is 95.9 Å². The largest absolute Gasteiger partial charge is 0.384 e. The van der Waals surface area contributed by atoms with E-state index >= 15 is 0 Å². The van der Waals surface area contributed by atoms with Gasteiger partial charge < -0.3 is 5.11 Å². The highest BCUT2D eigenvalue weighted by molar-refractivity contribution is 8.00. The second-order valence-corrected chi connectivity index (χ2v) is 5.86. The van der Waals surface area contributed by atoms with Crippen LogP contribution >= 0.6 is 11.8 Å². The molecule has 1 aromatic rings. The third-order valence-electron chi connectivity index (χ3n) is 3.26. The van der Waals surface area contributed by atoms with Gasteiger partial charge in [0.15, 0.2) is 0 Å². The number of aryl methyl sites for hydroxylation is 1. The summed E-state index contributed by atoms with van der Waals surface area (Å²) in [5, 5.41) is 11.0. The lowest BCUT2D eigenvalue weighted by molar-refractivity contribution is 0.0254. The molecule has 1 heterocycles. The standard InChI is InChI=1S/C13H18OS/c1-10-5-3-6-12(9-10)13(14)7-4-8-15-11(13)2/h3,5-6,9,11,14H,4,7-8H2,1-2H3. The summed E-state index contributed by atoms with van der Waals surface area (Å²) < 4.78 is 0.